The van der Waals surface area contributed by atoms with Crippen LogP contribution in [-0.4, -0.2) is 29.0 Å². The molecule has 1 aliphatic heterocycles. The highest BCUT2D eigenvalue weighted by molar-refractivity contribution is 5.77. The summed E-state index contributed by atoms with van der Waals surface area (Å²) < 4.78 is 0. The lowest BCUT2D eigenvalue weighted by atomic mass is 9.96. The Morgan fingerprint density at radius 1 is 1.17 bits per heavy atom. The van der Waals surface area contributed by atoms with Crippen LogP contribution in [0.2, 0.25) is 0 Å². The molecule has 3 heterocycles. The largest absolute Gasteiger partial charge is 0.369 e. The predicted octanol–water partition coefficient (Wildman–Crippen LogP) is 1.79. The van der Waals surface area contributed by atoms with Crippen molar-refractivity contribution >= 4 is 17.5 Å². The van der Waals surface area contributed by atoms with Crippen molar-refractivity contribution in [1.82, 2.24) is 9.97 Å². The van der Waals surface area contributed by atoms with Gasteiger partial charge in [-0.2, -0.15) is 0 Å². The van der Waals surface area contributed by atoms with Crippen LogP contribution in [0.4, 0.5) is 11.6 Å². The van der Waals surface area contributed by atoms with Crippen LogP contribution < -0.4 is 16.0 Å². The number of amides is 1. The van der Waals surface area contributed by atoms with Crippen molar-refractivity contribution in [3.63, 3.8) is 0 Å². The topological polar surface area (TPSA) is 84.1 Å². The van der Waals surface area contributed by atoms with Gasteiger partial charge in [0.25, 0.3) is 0 Å². The van der Waals surface area contributed by atoms with Crippen LogP contribution in [-0.2, 0) is 11.3 Å². The summed E-state index contributed by atoms with van der Waals surface area (Å²) in [5, 5.41) is 3.32. The van der Waals surface area contributed by atoms with Crippen molar-refractivity contribution < 1.29 is 4.79 Å². The molecule has 1 saturated heterocycles. The van der Waals surface area contributed by atoms with Crippen LogP contribution in [0.15, 0.2) is 42.7 Å². The third kappa shape index (κ3) is 3.77. The molecule has 2 aromatic rings. The number of nitrogens with zero attached hydrogens (tertiary/aromatic N) is 3. The maximum Gasteiger partial charge on any atom is 0.220 e. The van der Waals surface area contributed by atoms with Gasteiger partial charge in [-0.05, 0) is 31.0 Å². The first-order valence-electron chi connectivity index (χ1n) is 7.87. The van der Waals surface area contributed by atoms with Gasteiger partial charge in [0, 0.05) is 43.5 Å². The van der Waals surface area contributed by atoms with Gasteiger partial charge in [-0.3, -0.25) is 4.79 Å². The van der Waals surface area contributed by atoms with Gasteiger partial charge in [0.2, 0.25) is 5.91 Å². The lowest BCUT2D eigenvalue weighted by Gasteiger charge is -2.32. The molecule has 0 spiro atoms. The highest BCUT2D eigenvalue weighted by Crippen LogP contribution is 2.24. The third-order valence-electron chi connectivity index (χ3n) is 4.19. The summed E-state index contributed by atoms with van der Waals surface area (Å²) in [5.74, 6) is 1.61. The third-order valence-corrected chi connectivity index (χ3v) is 4.19. The zero-order valence-corrected chi connectivity index (χ0v) is 13.0. The van der Waals surface area contributed by atoms with Gasteiger partial charge >= 0.3 is 0 Å². The fourth-order valence-electron chi connectivity index (χ4n) is 2.88. The number of nitrogens with one attached hydrogen (secondary N) is 1. The van der Waals surface area contributed by atoms with E-state index in [-0.39, 0.29) is 11.8 Å². The van der Waals surface area contributed by atoms with Gasteiger partial charge in [-0.1, -0.05) is 12.1 Å². The number of primary amides is 1. The maximum atomic E-state index is 11.3. The molecule has 3 N–H and O–H groups in total. The van der Waals surface area contributed by atoms with E-state index < -0.39 is 0 Å². The van der Waals surface area contributed by atoms with Crippen molar-refractivity contribution in [3.05, 3.63) is 48.3 Å². The molecule has 6 heteroatoms. The van der Waals surface area contributed by atoms with E-state index in [1.807, 2.05) is 24.3 Å². The molecule has 0 aromatic carbocycles. The molecule has 2 aromatic heterocycles. The number of anilines is 2. The molecule has 0 atom stereocenters. The van der Waals surface area contributed by atoms with E-state index in [2.05, 4.69) is 26.3 Å². The number of piperidine rings is 1. The molecule has 0 radical (unpaired) electrons. The SMILES string of the molecule is NC(=O)C1CCN(c2ncccc2CNc2ccccn2)CC1. The summed E-state index contributed by atoms with van der Waals surface area (Å²) in [6, 6.07) is 9.79. The Morgan fingerprint density at radius 2 is 1.96 bits per heavy atom. The number of hydrogen-bond acceptors (Lipinski definition) is 5. The summed E-state index contributed by atoms with van der Waals surface area (Å²) in [7, 11) is 0. The van der Waals surface area contributed by atoms with Gasteiger partial charge in [-0.25, -0.2) is 9.97 Å². The van der Waals surface area contributed by atoms with E-state index in [9.17, 15) is 4.79 Å². The highest BCUT2D eigenvalue weighted by atomic mass is 16.1. The van der Waals surface area contributed by atoms with Crippen molar-refractivity contribution in [2.75, 3.05) is 23.3 Å². The Bertz CT molecular complexity index is 653. The van der Waals surface area contributed by atoms with Gasteiger partial charge < -0.3 is 16.0 Å². The van der Waals surface area contributed by atoms with Crippen LogP contribution in [0, 0.1) is 5.92 Å². The first-order chi connectivity index (χ1) is 11.2. The van der Waals surface area contributed by atoms with E-state index in [4.69, 9.17) is 5.73 Å². The maximum absolute atomic E-state index is 11.3. The number of carbonyl (C=O) groups excluding carboxylic acids is 1. The second kappa shape index (κ2) is 7.09. The standard InChI is InChI=1S/C17H21N5O/c18-16(23)13-6-10-22(11-7-13)17-14(4-3-9-20-17)12-21-15-5-1-2-8-19-15/h1-5,8-9,13H,6-7,10-12H2,(H2,18,23)(H,19,21). The average Bonchev–Trinajstić information content (AvgIpc) is 2.61. The quantitative estimate of drug-likeness (QED) is 0.879. The number of aromatic nitrogens is 2. The van der Waals surface area contributed by atoms with Crippen LogP contribution in [0.1, 0.15) is 18.4 Å². The first-order valence-corrected chi connectivity index (χ1v) is 7.87. The minimum absolute atomic E-state index is 0.00921. The highest BCUT2D eigenvalue weighted by Gasteiger charge is 2.24. The Balaban J connectivity index is 1.67. The molecule has 1 amide bonds. The van der Waals surface area contributed by atoms with Crippen LogP contribution in [0.3, 0.4) is 0 Å². The number of pyridine rings is 2. The van der Waals surface area contributed by atoms with E-state index in [0.717, 1.165) is 43.1 Å². The Morgan fingerprint density at radius 3 is 2.65 bits per heavy atom. The van der Waals surface area contributed by atoms with Crippen molar-refractivity contribution in [3.8, 4) is 0 Å². The Labute approximate surface area is 135 Å². The lowest BCUT2D eigenvalue weighted by molar-refractivity contribution is -0.122. The molecule has 6 nitrogen and oxygen atoms in total. The second-order valence-electron chi connectivity index (χ2n) is 5.72. The Kier molecular flexibility index (Phi) is 4.71. The molecule has 1 fully saturated rings. The van der Waals surface area contributed by atoms with Gasteiger partial charge in [0.05, 0.1) is 0 Å². The number of hydrogen-bond donors (Lipinski definition) is 2. The lowest BCUT2D eigenvalue weighted by Crippen LogP contribution is -2.39. The molecule has 1 aliphatic rings. The summed E-state index contributed by atoms with van der Waals surface area (Å²) >= 11 is 0. The van der Waals surface area contributed by atoms with E-state index in [1.54, 1.807) is 12.4 Å². The fraction of sp³-hybridized carbons (Fsp3) is 0.353. The summed E-state index contributed by atoms with van der Waals surface area (Å²) in [6.07, 6.45) is 5.15. The molecule has 0 aliphatic carbocycles. The normalized spacial score (nSPS) is 15.4. The molecule has 23 heavy (non-hydrogen) atoms. The number of carbonyl (C=O) groups is 1. The average molecular weight is 311 g/mol. The summed E-state index contributed by atoms with van der Waals surface area (Å²) in [5.41, 5.74) is 6.52. The predicted molar refractivity (Wildman–Crippen MR) is 89.9 cm³/mol. The second-order valence-corrected chi connectivity index (χ2v) is 5.72. The summed E-state index contributed by atoms with van der Waals surface area (Å²) in [4.78, 5) is 22.3. The van der Waals surface area contributed by atoms with Gasteiger partial charge in [0.15, 0.2) is 0 Å². The zero-order chi connectivity index (χ0) is 16.1. The molecule has 0 saturated carbocycles. The van der Waals surface area contributed by atoms with Crippen molar-refractivity contribution in [2.45, 2.75) is 19.4 Å². The van der Waals surface area contributed by atoms with Gasteiger partial charge in [-0.15, -0.1) is 0 Å². The number of nitrogens with two attached hydrogens (primary N) is 1. The zero-order valence-electron chi connectivity index (χ0n) is 13.0. The minimum atomic E-state index is -0.192. The molecule has 120 valence electrons. The molecule has 3 rings (SSSR count). The van der Waals surface area contributed by atoms with Crippen LogP contribution >= 0.6 is 0 Å². The molecular weight excluding hydrogens is 290 g/mol. The van der Waals surface area contributed by atoms with Gasteiger partial charge in [0.1, 0.15) is 11.6 Å². The Hall–Kier alpha value is -2.63. The smallest absolute Gasteiger partial charge is 0.220 e. The van der Waals surface area contributed by atoms with Crippen LogP contribution in [0.25, 0.3) is 0 Å². The first kappa shape index (κ1) is 15.3. The molecule has 0 bridgehead atoms. The fourth-order valence-corrected chi connectivity index (χ4v) is 2.88. The summed E-state index contributed by atoms with van der Waals surface area (Å²) in [6.45, 7) is 2.28. The minimum Gasteiger partial charge on any atom is -0.369 e. The van der Waals surface area contributed by atoms with E-state index >= 15 is 0 Å². The van der Waals surface area contributed by atoms with E-state index in [1.165, 1.54) is 0 Å². The van der Waals surface area contributed by atoms with Crippen LogP contribution in [0.5, 0.6) is 0 Å². The monoisotopic (exact) mass is 311 g/mol. The van der Waals surface area contributed by atoms with Crippen molar-refractivity contribution in [2.24, 2.45) is 11.7 Å². The van der Waals surface area contributed by atoms with E-state index in [0.29, 0.717) is 6.54 Å². The molecular formula is C17H21N5O. The van der Waals surface area contributed by atoms with Crippen molar-refractivity contribution in [1.29, 1.82) is 0 Å². The number of rotatable bonds is 5. The molecule has 0 unspecified atom stereocenters.